The lowest BCUT2D eigenvalue weighted by Gasteiger charge is -2.17. The number of halogens is 2. The summed E-state index contributed by atoms with van der Waals surface area (Å²) in [5, 5.41) is 3.12. The monoisotopic (exact) mass is 458 g/mol. The van der Waals surface area contributed by atoms with E-state index in [1.54, 1.807) is 37.4 Å². The summed E-state index contributed by atoms with van der Waals surface area (Å²) >= 11 is 8.12. The van der Waals surface area contributed by atoms with Gasteiger partial charge in [-0.2, -0.15) is 0 Å². The van der Waals surface area contributed by atoms with E-state index in [4.69, 9.17) is 16.3 Å². The number of carbonyl (C=O) groups is 2. The van der Waals surface area contributed by atoms with Crippen LogP contribution >= 0.6 is 34.2 Å². The number of likely N-dealkylation sites (N-methyl/N-ethyl adjacent to an activating group) is 1. The van der Waals surface area contributed by atoms with Crippen molar-refractivity contribution in [3.05, 3.63) is 57.1 Å². The van der Waals surface area contributed by atoms with Gasteiger partial charge in [0, 0.05) is 7.05 Å². The molecule has 2 amide bonds. The summed E-state index contributed by atoms with van der Waals surface area (Å²) in [5.74, 6) is 0.0255. The number of para-hydroxylation sites is 2. The van der Waals surface area contributed by atoms with Crippen molar-refractivity contribution in [3.63, 3.8) is 0 Å². The minimum absolute atomic E-state index is 0.0840. The topological polar surface area (TPSA) is 58.6 Å². The van der Waals surface area contributed by atoms with Crippen LogP contribution in [0.3, 0.4) is 0 Å². The van der Waals surface area contributed by atoms with E-state index in [-0.39, 0.29) is 25.0 Å². The fourth-order valence-corrected chi connectivity index (χ4v) is 2.59. The number of rotatable bonds is 6. The van der Waals surface area contributed by atoms with Crippen molar-refractivity contribution in [3.8, 4) is 5.75 Å². The first-order chi connectivity index (χ1) is 11.5. The Kier molecular flexibility index (Phi) is 6.86. The Morgan fingerprint density at radius 3 is 2.54 bits per heavy atom. The zero-order chi connectivity index (χ0) is 17.5. The maximum atomic E-state index is 12.1. The van der Waals surface area contributed by atoms with Gasteiger partial charge in [-0.1, -0.05) is 35.9 Å². The second-order valence-electron chi connectivity index (χ2n) is 5.00. The van der Waals surface area contributed by atoms with E-state index in [2.05, 4.69) is 27.9 Å². The SMILES string of the molecule is CN(CC(=O)Nc1ccccc1Cl)C(=O)COc1ccccc1I. The molecule has 0 radical (unpaired) electrons. The first-order valence-electron chi connectivity index (χ1n) is 7.13. The summed E-state index contributed by atoms with van der Waals surface area (Å²) in [6.45, 7) is -0.213. The number of hydrogen-bond acceptors (Lipinski definition) is 3. The number of hydrogen-bond donors (Lipinski definition) is 1. The Balaban J connectivity index is 1.84. The fourth-order valence-electron chi connectivity index (χ4n) is 1.87. The van der Waals surface area contributed by atoms with Crippen LogP contribution in [0, 0.1) is 3.57 Å². The molecule has 0 unspecified atom stereocenters. The molecule has 0 atom stereocenters. The zero-order valence-corrected chi connectivity index (χ0v) is 15.9. The molecular formula is C17H16ClIN2O3. The summed E-state index contributed by atoms with van der Waals surface area (Å²) < 4.78 is 6.41. The molecular weight excluding hydrogens is 443 g/mol. The molecule has 7 heteroatoms. The van der Waals surface area contributed by atoms with Gasteiger partial charge < -0.3 is 15.0 Å². The molecule has 0 aliphatic heterocycles. The molecule has 2 aromatic rings. The number of nitrogens with zero attached hydrogens (tertiary/aromatic N) is 1. The van der Waals surface area contributed by atoms with Gasteiger partial charge in [-0.15, -0.1) is 0 Å². The maximum Gasteiger partial charge on any atom is 0.260 e. The third-order valence-corrected chi connectivity index (χ3v) is 4.36. The molecule has 126 valence electrons. The van der Waals surface area contributed by atoms with E-state index in [1.165, 1.54) is 4.90 Å². The van der Waals surface area contributed by atoms with Crippen molar-refractivity contribution in [2.24, 2.45) is 0 Å². The number of amides is 2. The molecule has 2 rings (SSSR count). The van der Waals surface area contributed by atoms with Gasteiger partial charge in [-0.05, 0) is 46.9 Å². The Morgan fingerprint density at radius 1 is 1.17 bits per heavy atom. The first kappa shape index (κ1) is 18.5. The van der Waals surface area contributed by atoms with Gasteiger partial charge in [-0.3, -0.25) is 9.59 Å². The van der Waals surface area contributed by atoms with Gasteiger partial charge in [0.1, 0.15) is 5.75 Å². The van der Waals surface area contributed by atoms with Crippen molar-refractivity contribution in [2.45, 2.75) is 0 Å². The average Bonchev–Trinajstić information content (AvgIpc) is 2.56. The quantitative estimate of drug-likeness (QED) is 0.675. The highest BCUT2D eigenvalue weighted by atomic mass is 127. The van der Waals surface area contributed by atoms with E-state index in [9.17, 15) is 9.59 Å². The summed E-state index contributed by atoms with van der Waals surface area (Å²) in [5.41, 5.74) is 0.514. The third kappa shape index (κ3) is 5.38. The number of benzene rings is 2. The van der Waals surface area contributed by atoms with Crippen LogP contribution in [-0.2, 0) is 9.59 Å². The number of nitrogens with one attached hydrogen (secondary N) is 1. The van der Waals surface area contributed by atoms with Crippen LogP contribution in [0.5, 0.6) is 5.75 Å². The summed E-state index contributed by atoms with van der Waals surface area (Å²) in [7, 11) is 1.55. The van der Waals surface area contributed by atoms with Crippen LogP contribution in [0.15, 0.2) is 48.5 Å². The van der Waals surface area contributed by atoms with Crippen LogP contribution in [0.1, 0.15) is 0 Å². The van der Waals surface area contributed by atoms with Crippen molar-refractivity contribution < 1.29 is 14.3 Å². The Bertz CT molecular complexity index is 739. The molecule has 0 aliphatic rings. The van der Waals surface area contributed by atoms with E-state index in [0.29, 0.717) is 16.5 Å². The maximum absolute atomic E-state index is 12.1. The number of anilines is 1. The van der Waals surface area contributed by atoms with E-state index in [0.717, 1.165) is 3.57 Å². The molecule has 0 saturated carbocycles. The largest absolute Gasteiger partial charge is 0.483 e. The van der Waals surface area contributed by atoms with Crippen LogP contribution in [0.4, 0.5) is 5.69 Å². The van der Waals surface area contributed by atoms with Gasteiger partial charge in [-0.25, -0.2) is 0 Å². The summed E-state index contributed by atoms with van der Waals surface area (Å²) in [4.78, 5) is 25.4. The lowest BCUT2D eigenvalue weighted by molar-refractivity contribution is -0.135. The van der Waals surface area contributed by atoms with Gasteiger partial charge in [0.2, 0.25) is 5.91 Å². The van der Waals surface area contributed by atoms with Crippen LogP contribution in [0.2, 0.25) is 5.02 Å². The van der Waals surface area contributed by atoms with E-state index in [1.807, 2.05) is 18.2 Å². The van der Waals surface area contributed by atoms with E-state index >= 15 is 0 Å². The lowest BCUT2D eigenvalue weighted by Crippen LogP contribution is -2.37. The van der Waals surface area contributed by atoms with Crippen molar-refractivity contribution >= 4 is 51.7 Å². The summed E-state index contributed by atoms with van der Waals surface area (Å²) in [6.07, 6.45) is 0. The highest BCUT2D eigenvalue weighted by molar-refractivity contribution is 14.1. The molecule has 0 heterocycles. The molecule has 0 spiro atoms. The van der Waals surface area contributed by atoms with Crippen LogP contribution < -0.4 is 10.1 Å². The normalized spacial score (nSPS) is 10.1. The van der Waals surface area contributed by atoms with Crippen LogP contribution in [0.25, 0.3) is 0 Å². The van der Waals surface area contributed by atoms with Crippen molar-refractivity contribution in [1.29, 1.82) is 0 Å². The molecule has 2 aromatic carbocycles. The van der Waals surface area contributed by atoms with Gasteiger partial charge >= 0.3 is 0 Å². The average molecular weight is 459 g/mol. The Morgan fingerprint density at radius 2 is 1.83 bits per heavy atom. The molecule has 0 saturated heterocycles. The predicted octanol–water partition coefficient (Wildman–Crippen LogP) is 3.42. The van der Waals surface area contributed by atoms with Crippen molar-refractivity contribution in [1.82, 2.24) is 4.90 Å². The minimum Gasteiger partial charge on any atom is -0.483 e. The Hall–Kier alpha value is -1.80. The highest BCUT2D eigenvalue weighted by Crippen LogP contribution is 2.20. The molecule has 0 fully saturated rings. The standard InChI is InChI=1S/C17H16ClIN2O3/c1-21(10-16(22)20-14-8-4-2-6-12(14)18)17(23)11-24-15-9-5-3-7-13(15)19/h2-9H,10-11H2,1H3,(H,20,22). The molecule has 1 N–H and O–H groups in total. The van der Waals surface area contributed by atoms with Gasteiger partial charge in [0.15, 0.2) is 6.61 Å². The van der Waals surface area contributed by atoms with Gasteiger partial charge in [0.05, 0.1) is 20.8 Å². The van der Waals surface area contributed by atoms with E-state index < -0.39 is 0 Å². The smallest absolute Gasteiger partial charge is 0.260 e. The number of ether oxygens (including phenoxy) is 1. The van der Waals surface area contributed by atoms with Gasteiger partial charge in [0.25, 0.3) is 5.91 Å². The molecule has 24 heavy (non-hydrogen) atoms. The second-order valence-corrected chi connectivity index (χ2v) is 6.57. The highest BCUT2D eigenvalue weighted by Gasteiger charge is 2.15. The molecule has 0 aromatic heterocycles. The zero-order valence-electron chi connectivity index (χ0n) is 13.0. The molecule has 0 bridgehead atoms. The lowest BCUT2D eigenvalue weighted by atomic mass is 10.3. The third-order valence-electron chi connectivity index (χ3n) is 3.14. The minimum atomic E-state index is -0.326. The number of carbonyl (C=O) groups excluding carboxylic acids is 2. The molecule has 0 aliphatic carbocycles. The van der Waals surface area contributed by atoms with Crippen molar-refractivity contribution in [2.75, 3.05) is 25.5 Å². The second kappa shape index (κ2) is 8.89. The predicted molar refractivity (Wildman–Crippen MR) is 102 cm³/mol. The first-order valence-corrected chi connectivity index (χ1v) is 8.58. The van der Waals surface area contributed by atoms with Crippen LogP contribution in [-0.4, -0.2) is 36.9 Å². The Labute approximate surface area is 159 Å². The molecule has 5 nitrogen and oxygen atoms in total. The summed E-state index contributed by atoms with van der Waals surface area (Å²) in [6, 6.07) is 14.3. The fraction of sp³-hybridized carbons (Fsp3) is 0.176.